The van der Waals surface area contributed by atoms with Crippen LogP contribution in [0.5, 0.6) is 0 Å². The van der Waals surface area contributed by atoms with Crippen LogP contribution in [0.15, 0.2) is 23.6 Å². The smallest absolute Gasteiger partial charge is 0.321 e. The van der Waals surface area contributed by atoms with Gasteiger partial charge in [0.2, 0.25) is 0 Å². The Labute approximate surface area is 174 Å². The number of thiazole rings is 1. The number of hydrogen-bond acceptors (Lipinski definition) is 7. The number of thiophene rings is 1. The predicted molar refractivity (Wildman–Crippen MR) is 114 cm³/mol. The van der Waals surface area contributed by atoms with Crippen molar-refractivity contribution in [1.29, 1.82) is 0 Å². The van der Waals surface area contributed by atoms with E-state index in [1.54, 1.807) is 6.92 Å². The number of amides is 2. The molecule has 0 bridgehead atoms. The Morgan fingerprint density at radius 1 is 1.03 bits per heavy atom. The maximum absolute atomic E-state index is 12.7. The Hall–Kier alpha value is -3.11. The van der Waals surface area contributed by atoms with E-state index in [0.717, 1.165) is 45.1 Å². The molecule has 0 saturated heterocycles. The van der Waals surface area contributed by atoms with E-state index in [2.05, 4.69) is 15.6 Å². The molecule has 0 saturated carbocycles. The summed E-state index contributed by atoms with van der Waals surface area (Å²) in [5.41, 5.74) is 4.46. The average Bonchev–Trinajstić information content (AvgIpc) is 3.25. The first-order chi connectivity index (χ1) is 13.7. The first kappa shape index (κ1) is 20.6. The fraction of sp³-hybridized carbons (Fsp3) is 0.211. The molecule has 0 aliphatic carbocycles. The number of aromatic nitrogens is 1. The number of aryl methyl sites for hydroxylation is 4. The van der Waals surface area contributed by atoms with Gasteiger partial charge in [0.15, 0.2) is 5.13 Å². The summed E-state index contributed by atoms with van der Waals surface area (Å²) in [5.74, 6) is -0.818. The maximum Gasteiger partial charge on any atom is 0.324 e. The van der Waals surface area contributed by atoms with E-state index >= 15 is 0 Å². The van der Waals surface area contributed by atoms with Gasteiger partial charge < -0.3 is 5.32 Å². The largest absolute Gasteiger partial charge is 0.324 e. The number of rotatable bonds is 5. The highest BCUT2D eigenvalue weighted by Crippen LogP contribution is 2.28. The van der Waals surface area contributed by atoms with Crippen LogP contribution in [0.4, 0.5) is 15.8 Å². The molecule has 1 aromatic carbocycles. The fourth-order valence-corrected chi connectivity index (χ4v) is 4.48. The number of carbonyl (C=O) groups is 2. The predicted octanol–water partition coefficient (Wildman–Crippen LogP) is 4.85. The number of carbonyl (C=O) groups excluding carboxylic acids is 2. The molecule has 8 nitrogen and oxygen atoms in total. The summed E-state index contributed by atoms with van der Waals surface area (Å²) in [5, 5.41) is 17.8. The van der Waals surface area contributed by atoms with E-state index in [1.165, 1.54) is 11.4 Å². The number of nitrogens with zero attached hydrogens (tertiary/aromatic N) is 2. The highest BCUT2D eigenvalue weighted by molar-refractivity contribution is 7.18. The molecule has 2 amide bonds. The minimum absolute atomic E-state index is 0.116. The van der Waals surface area contributed by atoms with Crippen LogP contribution in [0, 0.1) is 37.8 Å². The van der Waals surface area contributed by atoms with Gasteiger partial charge in [-0.25, -0.2) is 4.98 Å². The van der Waals surface area contributed by atoms with Crippen molar-refractivity contribution in [1.82, 2.24) is 4.98 Å². The van der Waals surface area contributed by atoms with Crippen molar-refractivity contribution in [3.63, 3.8) is 0 Å². The molecule has 0 radical (unpaired) electrons. The Bertz CT molecular complexity index is 1110. The normalized spacial score (nSPS) is 10.6. The molecule has 29 heavy (non-hydrogen) atoms. The third kappa shape index (κ3) is 4.49. The monoisotopic (exact) mass is 430 g/mol. The highest BCUT2D eigenvalue weighted by atomic mass is 32.1. The molecular formula is C19H18N4O4S2. The lowest BCUT2D eigenvalue weighted by molar-refractivity contribution is -0.380. The molecule has 2 heterocycles. The second-order valence-electron chi connectivity index (χ2n) is 6.55. The zero-order valence-electron chi connectivity index (χ0n) is 16.2. The number of hydrogen-bond donors (Lipinski definition) is 2. The van der Waals surface area contributed by atoms with Crippen LogP contribution >= 0.6 is 22.7 Å². The maximum atomic E-state index is 12.7. The zero-order valence-corrected chi connectivity index (χ0v) is 17.8. The Morgan fingerprint density at radius 2 is 1.69 bits per heavy atom. The van der Waals surface area contributed by atoms with Gasteiger partial charge in [-0.1, -0.05) is 40.4 Å². The SMILES string of the molecule is Cc1cc(C)c(NC(=O)c2sc(NC(=O)c3csc([N+](=O)[O-])c3)nc2C)c(C)c1. The summed E-state index contributed by atoms with van der Waals surface area (Å²) in [6.45, 7) is 7.54. The van der Waals surface area contributed by atoms with E-state index in [4.69, 9.17) is 0 Å². The van der Waals surface area contributed by atoms with Crippen molar-refractivity contribution in [3.8, 4) is 0 Å². The van der Waals surface area contributed by atoms with Gasteiger partial charge in [0, 0.05) is 17.1 Å². The van der Waals surface area contributed by atoms with Gasteiger partial charge >= 0.3 is 5.00 Å². The molecule has 3 aromatic rings. The van der Waals surface area contributed by atoms with Crippen LogP contribution in [-0.2, 0) is 0 Å². The fourth-order valence-electron chi connectivity index (χ4n) is 2.92. The van der Waals surface area contributed by atoms with Crippen LogP contribution in [0.3, 0.4) is 0 Å². The van der Waals surface area contributed by atoms with Crippen molar-refractivity contribution >= 4 is 50.3 Å². The molecule has 150 valence electrons. The average molecular weight is 431 g/mol. The molecule has 2 aromatic heterocycles. The molecular weight excluding hydrogens is 412 g/mol. The lowest BCUT2D eigenvalue weighted by Gasteiger charge is -2.12. The lowest BCUT2D eigenvalue weighted by Crippen LogP contribution is -2.13. The van der Waals surface area contributed by atoms with Crippen LogP contribution in [-0.4, -0.2) is 21.7 Å². The van der Waals surface area contributed by atoms with Crippen LogP contribution in [0.1, 0.15) is 42.4 Å². The summed E-state index contributed by atoms with van der Waals surface area (Å²) in [7, 11) is 0. The van der Waals surface area contributed by atoms with Crippen molar-refractivity contribution < 1.29 is 14.5 Å². The molecule has 0 spiro atoms. The minimum Gasteiger partial charge on any atom is -0.321 e. The van der Waals surface area contributed by atoms with Gasteiger partial charge in [-0.15, -0.1) is 0 Å². The standard InChI is InChI=1S/C19H18N4O4S2/c1-9-5-10(2)15(11(3)6-9)21-18(25)16-12(4)20-19(29-16)22-17(24)13-7-14(23(26)27)28-8-13/h5-8H,1-4H3,(H,21,25)(H,20,22,24). The third-order valence-electron chi connectivity index (χ3n) is 4.17. The van der Waals surface area contributed by atoms with Crippen LogP contribution in [0.25, 0.3) is 0 Å². The molecule has 0 fully saturated rings. The van der Waals surface area contributed by atoms with E-state index < -0.39 is 10.8 Å². The molecule has 0 aliphatic rings. The number of anilines is 2. The van der Waals surface area contributed by atoms with Gasteiger partial charge in [-0.3, -0.25) is 25.0 Å². The summed E-state index contributed by atoms with van der Waals surface area (Å²) in [4.78, 5) is 39.9. The second kappa shape index (κ2) is 8.10. The molecule has 10 heteroatoms. The number of benzene rings is 1. The van der Waals surface area contributed by atoms with Crippen molar-refractivity contribution in [2.45, 2.75) is 27.7 Å². The van der Waals surface area contributed by atoms with E-state index in [-0.39, 0.29) is 21.6 Å². The summed E-state index contributed by atoms with van der Waals surface area (Å²) >= 11 is 1.93. The van der Waals surface area contributed by atoms with Gasteiger partial charge in [-0.05, 0) is 38.8 Å². The Balaban J connectivity index is 1.76. The summed E-state index contributed by atoms with van der Waals surface area (Å²) in [6.07, 6.45) is 0. The topological polar surface area (TPSA) is 114 Å². The third-order valence-corrected chi connectivity index (χ3v) is 6.12. The van der Waals surface area contributed by atoms with Gasteiger partial charge in [0.1, 0.15) is 4.88 Å². The number of nitrogens with one attached hydrogen (secondary N) is 2. The summed E-state index contributed by atoms with van der Waals surface area (Å²) in [6, 6.07) is 5.19. The van der Waals surface area contributed by atoms with Crippen molar-refractivity contribution in [3.05, 3.63) is 66.5 Å². The van der Waals surface area contributed by atoms with Gasteiger partial charge in [-0.2, -0.15) is 0 Å². The minimum atomic E-state index is -0.549. The summed E-state index contributed by atoms with van der Waals surface area (Å²) < 4.78 is 0. The lowest BCUT2D eigenvalue weighted by atomic mass is 10.1. The second-order valence-corrected chi connectivity index (χ2v) is 8.43. The zero-order chi connectivity index (χ0) is 21.3. The molecule has 0 aliphatic heterocycles. The molecule has 0 unspecified atom stereocenters. The van der Waals surface area contributed by atoms with E-state index in [0.29, 0.717) is 10.6 Å². The molecule has 2 N–H and O–H groups in total. The van der Waals surface area contributed by atoms with Gasteiger partial charge in [0.25, 0.3) is 11.8 Å². The highest BCUT2D eigenvalue weighted by Gasteiger charge is 2.20. The quantitative estimate of drug-likeness (QED) is 0.443. The number of nitro groups is 1. The van der Waals surface area contributed by atoms with E-state index in [9.17, 15) is 19.7 Å². The Morgan fingerprint density at radius 3 is 2.28 bits per heavy atom. The van der Waals surface area contributed by atoms with Gasteiger partial charge in [0.05, 0.1) is 16.2 Å². The first-order valence-corrected chi connectivity index (χ1v) is 10.3. The first-order valence-electron chi connectivity index (χ1n) is 8.56. The molecule has 3 rings (SSSR count). The Kier molecular flexibility index (Phi) is 5.76. The van der Waals surface area contributed by atoms with Crippen LogP contribution in [0.2, 0.25) is 0 Å². The molecule has 0 atom stereocenters. The van der Waals surface area contributed by atoms with Crippen molar-refractivity contribution in [2.24, 2.45) is 0 Å². The van der Waals surface area contributed by atoms with Crippen LogP contribution < -0.4 is 10.6 Å². The van der Waals surface area contributed by atoms with E-state index in [1.807, 2.05) is 32.9 Å². The van der Waals surface area contributed by atoms with Crippen molar-refractivity contribution in [2.75, 3.05) is 10.6 Å².